The van der Waals surface area contributed by atoms with E-state index in [1.54, 1.807) is 17.0 Å². The van der Waals surface area contributed by atoms with Gasteiger partial charge >= 0.3 is 0 Å². The third kappa shape index (κ3) is 5.21. The zero-order valence-electron chi connectivity index (χ0n) is 18.0. The molecule has 7 nitrogen and oxygen atoms in total. The molecule has 2 heterocycles. The molecule has 1 N–H and O–H groups in total. The number of amides is 2. The molecule has 1 aromatic rings. The maximum absolute atomic E-state index is 12.9. The van der Waals surface area contributed by atoms with Crippen LogP contribution in [0, 0.1) is 11.8 Å². The van der Waals surface area contributed by atoms with Crippen molar-refractivity contribution in [3.63, 3.8) is 0 Å². The molecule has 30 heavy (non-hydrogen) atoms. The number of carbonyl (C=O) groups is 2. The molecule has 1 aromatic carbocycles. The van der Waals surface area contributed by atoms with Gasteiger partial charge in [0.15, 0.2) is 0 Å². The van der Waals surface area contributed by atoms with Gasteiger partial charge in [0.05, 0.1) is 10.8 Å². The van der Waals surface area contributed by atoms with Crippen molar-refractivity contribution in [2.24, 2.45) is 11.8 Å². The van der Waals surface area contributed by atoms with E-state index in [2.05, 4.69) is 12.2 Å². The third-order valence-electron chi connectivity index (χ3n) is 6.11. The van der Waals surface area contributed by atoms with Crippen LogP contribution in [0.2, 0.25) is 0 Å². The summed E-state index contributed by atoms with van der Waals surface area (Å²) in [5, 5.41) is 2.91. The van der Waals surface area contributed by atoms with Gasteiger partial charge in [0, 0.05) is 38.3 Å². The summed E-state index contributed by atoms with van der Waals surface area (Å²) >= 11 is 0. The minimum Gasteiger partial charge on any atom is -0.356 e. The zero-order chi connectivity index (χ0) is 21.7. The number of nitrogens with zero attached hydrogens (tertiary/aromatic N) is 2. The van der Waals surface area contributed by atoms with Gasteiger partial charge in [0.25, 0.3) is 5.91 Å². The Morgan fingerprint density at radius 1 is 1.07 bits per heavy atom. The van der Waals surface area contributed by atoms with Crippen molar-refractivity contribution in [2.75, 3.05) is 32.7 Å². The van der Waals surface area contributed by atoms with E-state index in [0.29, 0.717) is 44.2 Å². The lowest BCUT2D eigenvalue weighted by molar-refractivity contribution is -0.126. The number of likely N-dealkylation sites (tertiary alicyclic amines) is 1. The largest absolute Gasteiger partial charge is 0.356 e. The zero-order valence-corrected chi connectivity index (χ0v) is 18.8. The summed E-state index contributed by atoms with van der Waals surface area (Å²) in [5.74, 6) is 0.217. The molecule has 2 aliphatic rings. The summed E-state index contributed by atoms with van der Waals surface area (Å²) in [4.78, 5) is 27.1. The Balaban J connectivity index is 1.65. The SMILES string of the molecule is CCCNC(=O)C1CCCN(C(=O)c2ccc(S(=O)(=O)N3CCC(C)CC3)cc2)C1. The highest BCUT2D eigenvalue weighted by Crippen LogP contribution is 2.24. The van der Waals surface area contributed by atoms with Crippen molar-refractivity contribution in [3.05, 3.63) is 29.8 Å². The lowest BCUT2D eigenvalue weighted by Gasteiger charge is -2.32. The fourth-order valence-electron chi connectivity index (χ4n) is 4.09. The van der Waals surface area contributed by atoms with Crippen LogP contribution in [0.4, 0.5) is 0 Å². The Bertz CT molecular complexity index is 846. The van der Waals surface area contributed by atoms with Crippen molar-refractivity contribution in [1.82, 2.24) is 14.5 Å². The van der Waals surface area contributed by atoms with Crippen molar-refractivity contribution in [1.29, 1.82) is 0 Å². The summed E-state index contributed by atoms with van der Waals surface area (Å²) in [6.45, 7) is 6.90. The summed E-state index contributed by atoms with van der Waals surface area (Å²) in [7, 11) is -3.53. The number of hydrogen-bond acceptors (Lipinski definition) is 4. The van der Waals surface area contributed by atoms with E-state index < -0.39 is 10.0 Å². The lowest BCUT2D eigenvalue weighted by Crippen LogP contribution is -2.45. The molecule has 1 unspecified atom stereocenters. The van der Waals surface area contributed by atoms with E-state index >= 15 is 0 Å². The van der Waals surface area contributed by atoms with Crippen molar-refractivity contribution < 1.29 is 18.0 Å². The third-order valence-corrected chi connectivity index (χ3v) is 8.02. The molecule has 1 atom stereocenters. The number of carbonyl (C=O) groups excluding carboxylic acids is 2. The molecule has 2 saturated heterocycles. The van der Waals surface area contributed by atoms with E-state index in [1.807, 2.05) is 6.92 Å². The second-order valence-electron chi connectivity index (χ2n) is 8.49. The monoisotopic (exact) mass is 435 g/mol. The van der Waals surface area contributed by atoms with Gasteiger partial charge < -0.3 is 10.2 Å². The molecule has 3 rings (SSSR count). The highest BCUT2D eigenvalue weighted by molar-refractivity contribution is 7.89. The lowest BCUT2D eigenvalue weighted by atomic mass is 9.96. The van der Waals surface area contributed by atoms with Crippen LogP contribution < -0.4 is 5.32 Å². The van der Waals surface area contributed by atoms with Crippen molar-refractivity contribution in [2.45, 2.75) is 50.8 Å². The van der Waals surface area contributed by atoms with Crippen molar-refractivity contribution in [3.8, 4) is 0 Å². The molecule has 2 amide bonds. The van der Waals surface area contributed by atoms with Crippen LogP contribution in [0.5, 0.6) is 0 Å². The standard InChI is InChI=1S/C22H33N3O4S/c1-3-12-23-21(26)19-5-4-13-24(16-19)22(27)18-6-8-20(9-7-18)30(28,29)25-14-10-17(2)11-15-25/h6-9,17,19H,3-5,10-16H2,1-2H3,(H,23,26). The van der Waals surface area contributed by atoms with Gasteiger partial charge in [-0.1, -0.05) is 13.8 Å². The minimum atomic E-state index is -3.53. The second-order valence-corrected chi connectivity index (χ2v) is 10.4. The molecular weight excluding hydrogens is 402 g/mol. The highest BCUT2D eigenvalue weighted by atomic mass is 32.2. The number of benzene rings is 1. The van der Waals surface area contributed by atoms with Crippen LogP contribution in [0.3, 0.4) is 0 Å². The molecular formula is C22H33N3O4S. The number of nitrogens with one attached hydrogen (secondary N) is 1. The fraction of sp³-hybridized carbons (Fsp3) is 0.636. The molecule has 166 valence electrons. The normalized spacial score (nSPS) is 21.4. The summed E-state index contributed by atoms with van der Waals surface area (Å²) in [5.41, 5.74) is 0.454. The van der Waals surface area contributed by atoms with Crippen LogP contribution >= 0.6 is 0 Å². The van der Waals surface area contributed by atoms with Gasteiger partial charge in [-0.3, -0.25) is 9.59 Å². The second kappa shape index (κ2) is 9.92. The van der Waals surface area contributed by atoms with Gasteiger partial charge in [-0.25, -0.2) is 8.42 Å². The van der Waals surface area contributed by atoms with E-state index in [9.17, 15) is 18.0 Å². The molecule has 0 saturated carbocycles. The topological polar surface area (TPSA) is 86.8 Å². The van der Waals surface area contributed by atoms with Gasteiger partial charge in [-0.05, 0) is 62.3 Å². The van der Waals surface area contributed by atoms with Crippen LogP contribution in [-0.4, -0.2) is 62.2 Å². The molecule has 0 radical (unpaired) electrons. The summed E-state index contributed by atoms with van der Waals surface area (Å²) in [6, 6.07) is 6.22. The Morgan fingerprint density at radius 3 is 2.37 bits per heavy atom. The van der Waals surface area contributed by atoms with Crippen LogP contribution in [-0.2, 0) is 14.8 Å². The smallest absolute Gasteiger partial charge is 0.253 e. The minimum absolute atomic E-state index is 0.00615. The van der Waals surface area contributed by atoms with E-state index in [0.717, 1.165) is 32.1 Å². The number of piperidine rings is 2. The van der Waals surface area contributed by atoms with Crippen LogP contribution in [0.25, 0.3) is 0 Å². The Kier molecular flexibility index (Phi) is 7.52. The van der Waals surface area contributed by atoms with Gasteiger partial charge in [0.1, 0.15) is 0 Å². The molecule has 0 aromatic heterocycles. The highest BCUT2D eigenvalue weighted by Gasteiger charge is 2.30. The first-order chi connectivity index (χ1) is 14.3. The average Bonchev–Trinajstić information content (AvgIpc) is 2.77. The van der Waals surface area contributed by atoms with Crippen LogP contribution in [0.1, 0.15) is 56.3 Å². The maximum Gasteiger partial charge on any atom is 0.253 e. The predicted molar refractivity (Wildman–Crippen MR) is 116 cm³/mol. The van der Waals surface area contributed by atoms with Crippen LogP contribution in [0.15, 0.2) is 29.2 Å². The fourth-order valence-corrected chi connectivity index (χ4v) is 5.56. The average molecular weight is 436 g/mol. The molecule has 8 heteroatoms. The summed E-state index contributed by atoms with van der Waals surface area (Å²) in [6.07, 6.45) is 4.20. The van der Waals surface area contributed by atoms with Crippen molar-refractivity contribution >= 4 is 21.8 Å². The quantitative estimate of drug-likeness (QED) is 0.744. The Morgan fingerprint density at radius 2 is 1.73 bits per heavy atom. The molecule has 0 bridgehead atoms. The van der Waals surface area contributed by atoms with Gasteiger partial charge in [-0.2, -0.15) is 4.31 Å². The molecule has 0 aliphatic carbocycles. The van der Waals surface area contributed by atoms with E-state index in [4.69, 9.17) is 0 Å². The summed E-state index contributed by atoms with van der Waals surface area (Å²) < 4.78 is 27.3. The number of hydrogen-bond donors (Lipinski definition) is 1. The molecule has 2 fully saturated rings. The molecule has 2 aliphatic heterocycles. The predicted octanol–water partition coefficient (Wildman–Crippen LogP) is 2.49. The Labute approximate surface area is 179 Å². The van der Waals surface area contributed by atoms with Gasteiger partial charge in [-0.15, -0.1) is 0 Å². The van der Waals surface area contributed by atoms with E-state index in [1.165, 1.54) is 16.4 Å². The maximum atomic E-state index is 12.9. The first-order valence-corrected chi connectivity index (χ1v) is 12.4. The number of rotatable bonds is 6. The number of sulfonamides is 1. The van der Waals surface area contributed by atoms with Gasteiger partial charge in [0.2, 0.25) is 15.9 Å². The Hall–Kier alpha value is -1.93. The molecule has 0 spiro atoms. The first kappa shape index (κ1) is 22.7. The first-order valence-electron chi connectivity index (χ1n) is 11.0. The van der Waals surface area contributed by atoms with E-state index in [-0.39, 0.29) is 22.6 Å².